The van der Waals surface area contributed by atoms with Crippen LogP contribution in [0.5, 0.6) is 0 Å². The Labute approximate surface area is 97.7 Å². The molecular weight excluding hydrogens is 244 g/mol. The highest BCUT2D eigenvalue weighted by atomic mass is 32.2. The SMILES string of the molecule is Cc1cc(NS(=O)(=O)c2cccnc2N)on1. The van der Waals surface area contributed by atoms with Gasteiger partial charge in [-0.15, -0.1) is 0 Å². The first-order chi connectivity index (χ1) is 7.99. The lowest BCUT2D eigenvalue weighted by Crippen LogP contribution is -2.14. The van der Waals surface area contributed by atoms with E-state index < -0.39 is 10.0 Å². The first-order valence-corrected chi connectivity index (χ1v) is 6.14. The van der Waals surface area contributed by atoms with Crippen molar-refractivity contribution in [1.29, 1.82) is 0 Å². The van der Waals surface area contributed by atoms with E-state index in [1.165, 1.54) is 24.4 Å². The van der Waals surface area contributed by atoms with Crippen molar-refractivity contribution in [3.05, 3.63) is 30.1 Å². The predicted octanol–water partition coefficient (Wildman–Crippen LogP) is 0.761. The topological polar surface area (TPSA) is 111 Å². The minimum Gasteiger partial charge on any atom is -0.383 e. The number of hydrogen-bond acceptors (Lipinski definition) is 6. The Morgan fingerprint density at radius 3 is 2.82 bits per heavy atom. The molecule has 0 spiro atoms. The highest BCUT2D eigenvalue weighted by Crippen LogP contribution is 2.19. The molecule has 2 heterocycles. The summed E-state index contributed by atoms with van der Waals surface area (Å²) in [6.07, 6.45) is 1.41. The van der Waals surface area contributed by atoms with Gasteiger partial charge in [-0.3, -0.25) is 0 Å². The normalized spacial score (nSPS) is 11.4. The van der Waals surface area contributed by atoms with Crippen molar-refractivity contribution in [2.24, 2.45) is 0 Å². The predicted molar refractivity (Wildman–Crippen MR) is 60.7 cm³/mol. The van der Waals surface area contributed by atoms with Crippen LogP contribution in [0.15, 0.2) is 33.8 Å². The molecule has 3 N–H and O–H groups in total. The van der Waals surface area contributed by atoms with E-state index in [2.05, 4.69) is 14.9 Å². The number of nitrogens with two attached hydrogens (primary N) is 1. The molecular formula is C9H10N4O3S. The molecule has 0 bridgehead atoms. The molecule has 0 aromatic carbocycles. The van der Waals surface area contributed by atoms with Gasteiger partial charge in [0, 0.05) is 12.3 Å². The molecule has 0 amide bonds. The molecule has 0 aliphatic heterocycles. The Bertz CT molecular complexity index is 635. The van der Waals surface area contributed by atoms with Crippen LogP contribution in [0.1, 0.15) is 5.69 Å². The average molecular weight is 254 g/mol. The number of aromatic nitrogens is 2. The quantitative estimate of drug-likeness (QED) is 0.836. The summed E-state index contributed by atoms with van der Waals surface area (Å²) in [5.74, 6) is -0.0398. The van der Waals surface area contributed by atoms with Gasteiger partial charge in [-0.2, -0.15) is 0 Å². The van der Waals surface area contributed by atoms with E-state index in [-0.39, 0.29) is 16.6 Å². The van der Waals surface area contributed by atoms with Crippen LogP contribution in [-0.4, -0.2) is 18.6 Å². The molecule has 90 valence electrons. The van der Waals surface area contributed by atoms with E-state index in [4.69, 9.17) is 10.3 Å². The molecule has 0 radical (unpaired) electrons. The molecule has 8 heteroatoms. The highest BCUT2D eigenvalue weighted by molar-refractivity contribution is 7.92. The number of nitrogen functional groups attached to an aromatic ring is 1. The molecule has 0 fully saturated rings. The van der Waals surface area contributed by atoms with Crippen molar-refractivity contribution in [2.75, 3.05) is 10.5 Å². The molecule has 7 nitrogen and oxygen atoms in total. The summed E-state index contributed by atoms with van der Waals surface area (Å²) in [6, 6.07) is 4.30. The average Bonchev–Trinajstić information content (AvgIpc) is 2.63. The monoisotopic (exact) mass is 254 g/mol. The Kier molecular flexibility index (Phi) is 2.72. The largest absolute Gasteiger partial charge is 0.383 e. The summed E-state index contributed by atoms with van der Waals surface area (Å²) in [7, 11) is -3.80. The maximum Gasteiger partial charge on any atom is 0.267 e. The fraction of sp³-hybridized carbons (Fsp3) is 0.111. The second kappa shape index (κ2) is 4.06. The maximum absolute atomic E-state index is 11.9. The lowest BCUT2D eigenvalue weighted by Gasteiger charge is -2.05. The van der Waals surface area contributed by atoms with Gasteiger partial charge in [0.15, 0.2) is 0 Å². The van der Waals surface area contributed by atoms with E-state index in [0.717, 1.165) is 0 Å². The first kappa shape index (κ1) is 11.4. The smallest absolute Gasteiger partial charge is 0.267 e. The molecule has 2 aromatic heterocycles. The van der Waals surface area contributed by atoms with E-state index in [9.17, 15) is 8.42 Å². The van der Waals surface area contributed by atoms with Gasteiger partial charge in [-0.25, -0.2) is 18.1 Å². The second-order valence-electron chi connectivity index (χ2n) is 3.32. The third-order valence-electron chi connectivity index (χ3n) is 1.95. The van der Waals surface area contributed by atoms with Gasteiger partial charge in [0.2, 0.25) is 5.88 Å². The van der Waals surface area contributed by atoms with E-state index in [1.54, 1.807) is 6.92 Å². The molecule has 0 atom stereocenters. The van der Waals surface area contributed by atoms with Crippen LogP contribution in [0.3, 0.4) is 0 Å². The fourth-order valence-electron chi connectivity index (χ4n) is 1.23. The Morgan fingerprint density at radius 2 is 2.24 bits per heavy atom. The van der Waals surface area contributed by atoms with Crippen LogP contribution in [0.4, 0.5) is 11.7 Å². The third kappa shape index (κ3) is 2.36. The summed E-state index contributed by atoms with van der Waals surface area (Å²) in [5, 5.41) is 3.57. The van der Waals surface area contributed by atoms with E-state index >= 15 is 0 Å². The Balaban J connectivity index is 2.35. The molecule has 2 aromatic rings. The van der Waals surface area contributed by atoms with Gasteiger partial charge >= 0.3 is 0 Å². The number of pyridine rings is 1. The molecule has 0 aliphatic carbocycles. The molecule has 17 heavy (non-hydrogen) atoms. The zero-order chi connectivity index (χ0) is 12.5. The van der Waals surface area contributed by atoms with Crippen molar-refractivity contribution in [3.63, 3.8) is 0 Å². The van der Waals surface area contributed by atoms with Crippen molar-refractivity contribution in [3.8, 4) is 0 Å². The number of aryl methyl sites for hydroxylation is 1. The highest BCUT2D eigenvalue weighted by Gasteiger charge is 2.19. The molecule has 0 aliphatic rings. The molecule has 0 saturated carbocycles. The van der Waals surface area contributed by atoms with Crippen molar-refractivity contribution < 1.29 is 12.9 Å². The zero-order valence-corrected chi connectivity index (χ0v) is 9.73. The molecule has 0 unspecified atom stereocenters. The first-order valence-electron chi connectivity index (χ1n) is 4.66. The molecule has 2 rings (SSSR count). The number of rotatable bonds is 3. The number of anilines is 2. The fourth-order valence-corrected chi connectivity index (χ4v) is 2.29. The lowest BCUT2D eigenvalue weighted by atomic mass is 10.5. The van der Waals surface area contributed by atoms with Gasteiger partial charge in [0.1, 0.15) is 10.7 Å². The Hall–Kier alpha value is -2.09. The van der Waals surface area contributed by atoms with E-state index in [0.29, 0.717) is 5.69 Å². The standard InChI is InChI=1S/C9H10N4O3S/c1-6-5-8(16-12-6)13-17(14,15)7-3-2-4-11-9(7)10/h2-5,13H,1H3,(H2,10,11). The summed E-state index contributed by atoms with van der Waals surface area (Å²) in [6.45, 7) is 1.68. The van der Waals surface area contributed by atoms with Crippen molar-refractivity contribution >= 4 is 21.7 Å². The summed E-state index contributed by atoms with van der Waals surface area (Å²) in [4.78, 5) is 3.60. The number of sulfonamides is 1. The number of hydrogen-bond donors (Lipinski definition) is 2. The van der Waals surface area contributed by atoms with Gasteiger partial charge in [0.25, 0.3) is 10.0 Å². The van der Waals surface area contributed by atoms with Crippen molar-refractivity contribution in [2.45, 2.75) is 11.8 Å². The second-order valence-corrected chi connectivity index (χ2v) is 4.98. The van der Waals surface area contributed by atoms with Crippen LogP contribution in [0.25, 0.3) is 0 Å². The lowest BCUT2D eigenvalue weighted by molar-refractivity contribution is 0.430. The zero-order valence-electron chi connectivity index (χ0n) is 8.91. The summed E-state index contributed by atoms with van der Waals surface area (Å²) in [5.41, 5.74) is 6.06. The van der Waals surface area contributed by atoms with Gasteiger partial charge in [-0.1, -0.05) is 5.16 Å². The van der Waals surface area contributed by atoms with Crippen LogP contribution in [0.2, 0.25) is 0 Å². The van der Waals surface area contributed by atoms with E-state index in [1.807, 2.05) is 0 Å². The van der Waals surface area contributed by atoms with Gasteiger partial charge < -0.3 is 10.3 Å². The maximum atomic E-state index is 11.9. The summed E-state index contributed by atoms with van der Waals surface area (Å²) >= 11 is 0. The van der Waals surface area contributed by atoms with Crippen LogP contribution < -0.4 is 10.5 Å². The van der Waals surface area contributed by atoms with Gasteiger partial charge in [-0.05, 0) is 19.1 Å². The number of nitrogens with one attached hydrogen (secondary N) is 1. The third-order valence-corrected chi connectivity index (χ3v) is 3.35. The molecule has 0 saturated heterocycles. The summed E-state index contributed by atoms with van der Waals surface area (Å²) < 4.78 is 30.8. The minimum absolute atomic E-state index is 0.0331. The Morgan fingerprint density at radius 1 is 1.47 bits per heavy atom. The van der Waals surface area contributed by atoms with Crippen LogP contribution in [-0.2, 0) is 10.0 Å². The van der Waals surface area contributed by atoms with Crippen LogP contribution in [0, 0.1) is 6.92 Å². The van der Waals surface area contributed by atoms with Crippen LogP contribution >= 0.6 is 0 Å². The number of nitrogens with zero attached hydrogens (tertiary/aromatic N) is 2. The van der Waals surface area contributed by atoms with Crippen molar-refractivity contribution in [1.82, 2.24) is 10.1 Å². The minimum atomic E-state index is -3.80. The van der Waals surface area contributed by atoms with Gasteiger partial charge in [0.05, 0.1) is 5.69 Å².